The summed E-state index contributed by atoms with van der Waals surface area (Å²) >= 11 is 0. The Kier molecular flexibility index (Phi) is 5.36. The fourth-order valence-electron chi connectivity index (χ4n) is 4.48. The number of carbonyl (C=O) groups is 2. The second-order valence-electron chi connectivity index (χ2n) is 7.96. The summed E-state index contributed by atoms with van der Waals surface area (Å²) in [5.41, 5.74) is 1.98. The molecular weight excluding hydrogens is 418 g/mol. The van der Waals surface area contributed by atoms with Gasteiger partial charge in [0.25, 0.3) is 5.91 Å². The number of benzene rings is 2. The zero-order valence-electron chi connectivity index (χ0n) is 17.4. The van der Waals surface area contributed by atoms with Gasteiger partial charge in [0.1, 0.15) is 18.0 Å². The summed E-state index contributed by atoms with van der Waals surface area (Å²) in [5.74, 6) is 1.12. The monoisotopic (exact) mass is 441 g/mol. The Bertz CT molecular complexity index is 1050. The third-order valence-electron chi connectivity index (χ3n) is 6.01. The second kappa shape index (κ2) is 8.33. The molecule has 1 saturated heterocycles. The highest BCUT2D eigenvalue weighted by molar-refractivity contribution is 6.04. The molecule has 3 aliphatic heterocycles. The van der Waals surface area contributed by atoms with Gasteiger partial charge in [-0.15, -0.1) is 0 Å². The number of ether oxygens (including phenoxy) is 5. The standard InChI is InChI=1S/C23H23NO8/c1-28-21(26)9-14-8-16-15-7-13(3-5-17(15)32-22(16)20(10-25)31-14)24-23(27)12-2-4-18-19(6-12)30-11-29-18/h2-7,14,16,20,22,25H,8-11H2,1H3,(H,24,27)/t14-,16+,20+,22-/m1/s1. The highest BCUT2D eigenvalue weighted by atomic mass is 16.7. The number of hydrogen-bond acceptors (Lipinski definition) is 8. The van der Waals surface area contributed by atoms with E-state index in [-0.39, 0.29) is 49.8 Å². The first-order chi connectivity index (χ1) is 15.6. The number of carbonyl (C=O) groups excluding carboxylic acids is 2. The molecule has 0 radical (unpaired) electrons. The molecule has 32 heavy (non-hydrogen) atoms. The fourth-order valence-corrected chi connectivity index (χ4v) is 4.48. The third kappa shape index (κ3) is 3.74. The van der Waals surface area contributed by atoms with Gasteiger partial charge in [0.15, 0.2) is 11.5 Å². The Balaban J connectivity index is 1.35. The van der Waals surface area contributed by atoms with Crippen LogP contribution in [0.1, 0.15) is 34.7 Å². The first-order valence-corrected chi connectivity index (χ1v) is 10.4. The summed E-state index contributed by atoms with van der Waals surface area (Å²) in [7, 11) is 1.33. The van der Waals surface area contributed by atoms with E-state index in [1.165, 1.54) is 7.11 Å². The van der Waals surface area contributed by atoms with Gasteiger partial charge < -0.3 is 34.1 Å². The molecule has 0 aliphatic carbocycles. The van der Waals surface area contributed by atoms with E-state index in [1.54, 1.807) is 30.3 Å². The van der Waals surface area contributed by atoms with E-state index in [0.29, 0.717) is 34.9 Å². The molecule has 2 aromatic carbocycles. The van der Waals surface area contributed by atoms with Gasteiger partial charge in [-0.1, -0.05) is 0 Å². The topological polar surface area (TPSA) is 113 Å². The first kappa shape index (κ1) is 20.6. The van der Waals surface area contributed by atoms with Gasteiger partial charge in [-0.05, 0) is 42.8 Å². The summed E-state index contributed by atoms with van der Waals surface area (Å²) in [6.07, 6.45) is -0.650. The number of nitrogens with one attached hydrogen (secondary N) is 1. The molecule has 168 valence electrons. The molecule has 9 heteroatoms. The Labute approximate surface area is 184 Å². The Morgan fingerprint density at radius 3 is 2.75 bits per heavy atom. The number of amides is 1. The maximum Gasteiger partial charge on any atom is 0.308 e. The summed E-state index contributed by atoms with van der Waals surface area (Å²) in [5, 5.41) is 12.7. The molecule has 1 amide bonds. The molecule has 1 fully saturated rings. The van der Waals surface area contributed by atoms with Gasteiger partial charge in [0.2, 0.25) is 6.79 Å². The lowest BCUT2D eigenvalue weighted by Gasteiger charge is -2.36. The van der Waals surface area contributed by atoms with Crippen molar-refractivity contribution in [1.29, 1.82) is 0 Å². The fraction of sp³-hybridized carbons (Fsp3) is 0.391. The summed E-state index contributed by atoms with van der Waals surface area (Å²) in [6.45, 7) is -0.0795. The maximum absolute atomic E-state index is 12.8. The molecule has 0 aromatic heterocycles. The lowest BCUT2D eigenvalue weighted by atomic mass is 9.84. The van der Waals surface area contributed by atoms with E-state index in [9.17, 15) is 14.7 Å². The first-order valence-electron chi connectivity index (χ1n) is 10.4. The van der Waals surface area contributed by atoms with Crippen molar-refractivity contribution in [3.8, 4) is 17.2 Å². The van der Waals surface area contributed by atoms with Crippen LogP contribution in [-0.4, -0.2) is 55.8 Å². The molecule has 0 spiro atoms. The van der Waals surface area contributed by atoms with Crippen LogP contribution >= 0.6 is 0 Å². The van der Waals surface area contributed by atoms with Gasteiger partial charge >= 0.3 is 5.97 Å². The zero-order chi connectivity index (χ0) is 22.2. The average Bonchev–Trinajstić information content (AvgIpc) is 3.42. The van der Waals surface area contributed by atoms with Crippen molar-refractivity contribution in [2.45, 2.75) is 37.1 Å². The minimum atomic E-state index is -0.553. The summed E-state index contributed by atoms with van der Waals surface area (Å²) in [4.78, 5) is 24.5. The van der Waals surface area contributed by atoms with Crippen LogP contribution in [0.4, 0.5) is 5.69 Å². The van der Waals surface area contributed by atoms with E-state index in [4.69, 9.17) is 23.7 Å². The van der Waals surface area contributed by atoms with Crippen LogP contribution in [0.3, 0.4) is 0 Å². The van der Waals surface area contributed by atoms with Crippen LogP contribution in [0.5, 0.6) is 17.2 Å². The summed E-state index contributed by atoms with van der Waals surface area (Å²) in [6, 6.07) is 10.5. The van der Waals surface area contributed by atoms with Crippen LogP contribution in [0.25, 0.3) is 0 Å². The Morgan fingerprint density at radius 1 is 1.12 bits per heavy atom. The molecule has 2 aromatic rings. The highest BCUT2D eigenvalue weighted by Gasteiger charge is 2.46. The van der Waals surface area contributed by atoms with Gasteiger partial charge in [-0.25, -0.2) is 0 Å². The molecule has 4 atom stereocenters. The molecule has 2 N–H and O–H groups in total. The lowest BCUT2D eigenvalue weighted by molar-refractivity contribution is -0.156. The van der Waals surface area contributed by atoms with Crippen molar-refractivity contribution in [1.82, 2.24) is 0 Å². The lowest BCUT2D eigenvalue weighted by Crippen LogP contribution is -2.46. The average molecular weight is 441 g/mol. The van der Waals surface area contributed by atoms with E-state index in [2.05, 4.69) is 5.32 Å². The Morgan fingerprint density at radius 2 is 1.94 bits per heavy atom. The predicted octanol–water partition coefficient (Wildman–Crippen LogP) is 2.23. The van der Waals surface area contributed by atoms with Crippen molar-refractivity contribution in [2.75, 3.05) is 25.8 Å². The number of aliphatic hydroxyl groups is 1. The summed E-state index contributed by atoms with van der Waals surface area (Å²) < 4.78 is 27.3. The molecule has 3 aliphatic rings. The Hall–Kier alpha value is -3.30. The van der Waals surface area contributed by atoms with E-state index in [0.717, 1.165) is 5.56 Å². The molecule has 5 rings (SSSR count). The van der Waals surface area contributed by atoms with Crippen molar-refractivity contribution in [3.05, 3.63) is 47.5 Å². The van der Waals surface area contributed by atoms with Crippen LogP contribution in [0.2, 0.25) is 0 Å². The minimum Gasteiger partial charge on any atom is -0.487 e. The van der Waals surface area contributed by atoms with Gasteiger partial charge in [-0.3, -0.25) is 9.59 Å². The SMILES string of the molecule is COC(=O)C[C@H]1C[C@H]2c3cc(NC(=O)c4ccc5c(c4)OCO5)ccc3O[C@H]2[C@H](CO)O1. The zero-order valence-corrected chi connectivity index (χ0v) is 17.4. The third-order valence-corrected chi connectivity index (χ3v) is 6.01. The highest BCUT2D eigenvalue weighted by Crippen LogP contribution is 2.47. The van der Waals surface area contributed by atoms with Gasteiger partial charge in [0, 0.05) is 22.7 Å². The predicted molar refractivity (Wildman–Crippen MR) is 111 cm³/mol. The van der Waals surface area contributed by atoms with Crippen LogP contribution in [0, 0.1) is 0 Å². The van der Waals surface area contributed by atoms with Crippen LogP contribution < -0.4 is 19.5 Å². The minimum absolute atomic E-state index is 0.0760. The number of methoxy groups -OCH3 is 1. The van der Waals surface area contributed by atoms with Crippen molar-refractivity contribution < 1.29 is 38.4 Å². The number of aliphatic hydroxyl groups excluding tert-OH is 1. The van der Waals surface area contributed by atoms with Crippen molar-refractivity contribution in [3.63, 3.8) is 0 Å². The van der Waals surface area contributed by atoms with E-state index >= 15 is 0 Å². The van der Waals surface area contributed by atoms with E-state index < -0.39 is 6.10 Å². The number of esters is 1. The van der Waals surface area contributed by atoms with Gasteiger partial charge in [0.05, 0.1) is 26.2 Å². The maximum atomic E-state index is 12.8. The number of anilines is 1. The molecule has 3 heterocycles. The van der Waals surface area contributed by atoms with Gasteiger partial charge in [-0.2, -0.15) is 0 Å². The van der Waals surface area contributed by atoms with Crippen LogP contribution in [-0.2, 0) is 14.3 Å². The smallest absolute Gasteiger partial charge is 0.308 e. The second-order valence-corrected chi connectivity index (χ2v) is 7.96. The number of hydrogen-bond donors (Lipinski definition) is 2. The number of fused-ring (bicyclic) bond motifs is 4. The molecule has 0 saturated carbocycles. The van der Waals surface area contributed by atoms with E-state index in [1.807, 2.05) is 6.07 Å². The number of rotatable bonds is 5. The van der Waals surface area contributed by atoms with Crippen molar-refractivity contribution in [2.24, 2.45) is 0 Å². The normalized spacial score (nSPS) is 24.8. The molecule has 0 bridgehead atoms. The largest absolute Gasteiger partial charge is 0.487 e. The quantitative estimate of drug-likeness (QED) is 0.680. The van der Waals surface area contributed by atoms with Crippen LogP contribution in [0.15, 0.2) is 36.4 Å². The van der Waals surface area contributed by atoms with Crippen molar-refractivity contribution >= 4 is 17.6 Å². The molecule has 0 unspecified atom stereocenters. The molecular formula is C23H23NO8. The molecule has 9 nitrogen and oxygen atoms in total.